The maximum Gasteiger partial charge on any atom is 0.340 e. The normalized spacial score (nSPS) is 12.4. The molecule has 0 amide bonds. The second-order valence-corrected chi connectivity index (χ2v) is 11.6. The first-order chi connectivity index (χ1) is 24.1. The Hall–Kier alpha value is -6.35. The van der Waals surface area contributed by atoms with Crippen LogP contribution in [0.3, 0.4) is 0 Å². The topological polar surface area (TPSA) is 195 Å². The van der Waals surface area contributed by atoms with Crippen LogP contribution < -0.4 is 10.6 Å². The van der Waals surface area contributed by atoms with Crippen molar-refractivity contribution in [2.45, 2.75) is 39.5 Å². The van der Waals surface area contributed by atoms with Crippen LogP contribution in [-0.4, -0.2) is 70.5 Å². The molecule has 0 saturated carbocycles. The molecule has 15 nitrogen and oxygen atoms in total. The van der Waals surface area contributed by atoms with Gasteiger partial charge in [0.05, 0.1) is 29.8 Å². The number of nitrogens with one attached hydrogen (secondary N) is 2. The van der Waals surface area contributed by atoms with E-state index < -0.39 is 30.0 Å². The number of carboxylic acids is 1. The average molecular weight is 679 g/mol. The Morgan fingerprint density at radius 2 is 1.34 bits per heavy atom. The first-order valence-corrected chi connectivity index (χ1v) is 15.6. The van der Waals surface area contributed by atoms with Gasteiger partial charge in [0.2, 0.25) is 0 Å². The van der Waals surface area contributed by atoms with Gasteiger partial charge in [-0.05, 0) is 41.7 Å². The third-order valence-electron chi connectivity index (χ3n) is 8.32. The van der Waals surface area contributed by atoms with E-state index in [0.717, 1.165) is 16.7 Å². The fraction of sp³-hybridized carbons (Fsp3) is 0.229. The van der Waals surface area contributed by atoms with Crippen LogP contribution in [0.2, 0.25) is 0 Å². The van der Waals surface area contributed by atoms with Crippen LogP contribution >= 0.6 is 0 Å². The molecule has 0 bridgehead atoms. The number of carboxylic acid groups (broad SMARTS) is 1. The van der Waals surface area contributed by atoms with Crippen LogP contribution in [0.25, 0.3) is 11.0 Å². The van der Waals surface area contributed by atoms with Crippen molar-refractivity contribution in [2.24, 2.45) is 0 Å². The van der Waals surface area contributed by atoms with Gasteiger partial charge in [0.1, 0.15) is 36.9 Å². The van der Waals surface area contributed by atoms with Gasteiger partial charge in [-0.3, -0.25) is 4.79 Å². The number of aliphatic hydroxyl groups is 1. The van der Waals surface area contributed by atoms with E-state index in [1.54, 1.807) is 48.8 Å². The highest BCUT2D eigenvalue weighted by Gasteiger charge is 2.23. The van der Waals surface area contributed by atoms with Crippen molar-refractivity contribution in [3.05, 3.63) is 119 Å². The maximum atomic E-state index is 13.3. The summed E-state index contributed by atoms with van der Waals surface area (Å²) in [6, 6.07) is 15.7. The number of carbonyl (C=O) groups is 3. The molecule has 0 radical (unpaired) electrons. The molecule has 0 spiro atoms. The third kappa shape index (κ3) is 6.93. The second kappa shape index (κ2) is 14.4. The zero-order chi connectivity index (χ0) is 35.4. The van der Waals surface area contributed by atoms with E-state index in [1.165, 1.54) is 30.3 Å². The van der Waals surface area contributed by atoms with E-state index >= 15 is 0 Å². The lowest BCUT2D eigenvalue weighted by molar-refractivity contribution is -0.141. The van der Waals surface area contributed by atoms with E-state index in [4.69, 9.17) is 9.47 Å². The predicted molar refractivity (Wildman–Crippen MR) is 181 cm³/mol. The number of rotatable bonds is 13. The van der Waals surface area contributed by atoms with Gasteiger partial charge in [-0.2, -0.15) is 10.2 Å². The predicted octanol–water partition coefficient (Wildman–Crippen LogP) is 4.31. The van der Waals surface area contributed by atoms with Crippen molar-refractivity contribution < 1.29 is 34.1 Å². The van der Waals surface area contributed by atoms with Gasteiger partial charge in [-0.25, -0.2) is 28.6 Å². The highest BCUT2D eigenvalue weighted by Crippen LogP contribution is 2.29. The Labute approximate surface area is 285 Å². The van der Waals surface area contributed by atoms with Crippen molar-refractivity contribution >= 4 is 40.6 Å². The Kier molecular flexibility index (Phi) is 9.67. The van der Waals surface area contributed by atoms with Crippen LogP contribution in [-0.2, 0) is 20.9 Å². The molecule has 4 N–H and O–H groups in total. The summed E-state index contributed by atoms with van der Waals surface area (Å²) >= 11 is 0. The fourth-order valence-corrected chi connectivity index (χ4v) is 5.70. The number of anilines is 2. The molecule has 6 rings (SSSR count). The minimum absolute atomic E-state index is 0.00886. The molecule has 4 heterocycles. The van der Waals surface area contributed by atoms with Gasteiger partial charge in [-0.15, -0.1) is 0 Å². The summed E-state index contributed by atoms with van der Waals surface area (Å²) in [6.45, 7) is 4.60. The number of benzene rings is 2. The highest BCUT2D eigenvalue weighted by molar-refractivity contribution is 5.95. The van der Waals surface area contributed by atoms with E-state index in [1.807, 2.05) is 30.3 Å². The average Bonchev–Trinajstić information content (AvgIpc) is 3.65. The molecule has 0 fully saturated rings. The number of aromatic carboxylic acids is 1. The lowest BCUT2D eigenvalue weighted by Gasteiger charge is -2.20. The molecular weight excluding hydrogens is 644 g/mol. The Morgan fingerprint density at radius 1 is 0.780 bits per heavy atom. The van der Waals surface area contributed by atoms with Gasteiger partial charge in [-0.1, -0.05) is 54.6 Å². The zero-order valence-corrected chi connectivity index (χ0v) is 27.4. The zero-order valence-electron chi connectivity index (χ0n) is 27.4. The second-order valence-electron chi connectivity index (χ2n) is 11.6. The molecule has 2 unspecified atom stereocenters. The smallest absolute Gasteiger partial charge is 0.340 e. The van der Waals surface area contributed by atoms with Crippen LogP contribution in [0.15, 0.2) is 79.6 Å². The number of hydrogen-bond acceptors (Lipinski definition) is 12. The Morgan fingerprint density at radius 3 is 1.92 bits per heavy atom. The Bertz CT molecular complexity index is 2180. The summed E-state index contributed by atoms with van der Waals surface area (Å²) in [5, 5.41) is 34.6. The molecule has 256 valence electrons. The molecule has 0 aliphatic rings. The van der Waals surface area contributed by atoms with E-state index in [2.05, 4.69) is 30.8 Å². The molecule has 6 aromatic rings. The van der Waals surface area contributed by atoms with E-state index in [0.29, 0.717) is 39.4 Å². The van der Waals surface area contributed by atoms with Crippen LogP contribution in [0.1, 0.15) is 67.5 Å². The number of ether oxygens (including phenoxy) is 2. The number of nitrogens with zero attached hydrogens (tertiary/aromatic N) is 6. The van der Waals surface area contributed by atoms with E-state index in [9.17, 15) is 24.6 Å². The molecule has 2 atom stereocenters. The highest BCUT2D eigenvalue weighted by atomic mass is 16.5. The minimum atomic E-state index is -1.07. The molecule has 0 aliphatic heterocycles. The summed E-state index contributed by atoms with van der Waals surface area (Å²) in [5.41, 5.74) is 4.93. The number of fused-ring (bicyclic) bond motifs is 2. The molecule has 50 heavy (non-hydrogen) atoms. The third-order valence-corrected chi connectivity index (χ3v) is 8.32. The quantitative estimate of drug-likeness (QED) is 0.126. The van der Waals surface area contributed by atoms with Crippen molar-refractivity contribution in [3.8, 4) is 0 Å². The van der Waals surface area contributed by atoms with Gasteiger partial charge < -0.3 is 30.3 Å². The molecule has 2 aromatic carbocycles. The minimum Gasteiger partial charge on any atom is -0.478 e. The van der Waals surface area contributed by atoms with Gasteiger partial charge in [0, 0.05) is 19.3 Å². The number of aliphatic hydroxyl groups excluding tert-OH is 1. The molecule has 4 aromatic heterocycles. The number of aryl methyl sites for hydroxylation is 2. The number of hydrogen-bond donors (Lipinski definition) is 4. The van der Waals surface area contributed by atoms with Crippen molar-refractivity contribution in [3.63, 3.8) is 0 Å². The van der Waals surface area contributed by atoms with Gasteiger partial charge >= 0.3 is 17.9 Å². The molecule has 0 aliphatic carbocycles. The van der Waals surface area contributed by atoms with Crippen LogP contribution in [0, 0.1) is 13.8 Å². The number of carbonyl (C=O) groups excluding carboxylic acids is 2. The Balaban J connectivity index is 1.15. The number of aromatic nitrogens is 6. The lowest BCUT2D eigenvalue weighted by Crippen LogP contribution is -2.20. The largest absolute Gasteiger partial charge is 0.478 e. The first kappa shape index (κ1) is 33.5. The van der Waals surface area contributed by atoms with Crippen LogP contribution in [0.5, 0.6) is 0 Å². The summed E-state index contributed by atoms with van der Waals surface area (Å²) in [5.74, 6) is -1.20. The number of esters is 2. The van der Waals surface area contributed by atoms with E-state index in [-0.39, 0.29) is 25.4 Å². The van der Waals surface area contributed by atoms with Gasteiger partial charge in [0.25, 0.3) is 0 Å². The van der Waals surface area contributed by atoms with Crippen molar-refractivity contribution in [2.75, 3.05) is 23.8 Å². The SMILES string of the molecule is CC(=O)OCC(Nc1ncnn2cc(C(=O)OCc3ccc(C(CO)Nc4ncnn5cc(C(=O)O)c(C)c45)cc3)c(C)c12)c1ccccc1. The first-order valence-electron chi connectivity index (χ1n) is 15.6. The van der Waals surface area contributed by atoms with Crippen LogP contribution in [0.4, 0.5) is 11.6 Å². The summed E-state index contributed by atoms with van der Waals surface area (Å²) in [6.07, 6.45) is 5.68. The summed E-state index contributed by atoms with van der Waals surface area (Å²) in [7, 11) is 0. The molecule has 0 saturated heterocycles. The standard InChI is InChI=1S/C35H34N8O7/c1-20-26(34(46)47)13-42-30(20)32(36-18-38-42)40-28(15-44)25-11-9-23(10-12-25)16-50-35(48)27-14-43-31(21(27)2)33(37-19-39-43)41-29(17-49-22(3)45)24-7-5-4-6-8-24/h4-14,18-19,28-29,44H,15-17H2,1-3H3,(H,46,47)(H,36,38,40)(H,37,39,41). The monoisotopic (exact) mass is 678 g/mol. The fourth-order valence-electron chi connectivity index (χ4n) is 5.70. The van der Waals surface area contributed by atoms with Crippen molar-refractivity contribution in [1.82, 2.24) is 29.2 Å². The van der Waals surface area contributed by atoms with Crippen molar-refractivity contribution in [1.29, 1.82) is 0 Å². The summed E-state index contributed by atoms with van der Waals surface area (Å²) in [4.78, 5) is 45.2. The van der Waals surface area contributed by atoms with Gasteiger partial charge in [0.15, 0.2) is 11.6 Å². The molecule has 15 heteroatoms. The summed E-state index contributed by atoms with van der Waals surface area (Å²) < 4.78 is 14.0. The maximum absolute atomic E-state index is 13.3. The lowest BCUT2D eigenvalue weighted by atomic mass is 10.1. The molecular formula is C35H34N8O7.